The summed E-state index contributed by atoms with van der Waals surface area (Å²) in [4.78, 5) is 15.8. The predicted molar refractivity (Wildman–Crippen MR) is 56.1 cm³/mol. The number of hydrogen-bond acceptors (Lipinski definition) is 1. The molecule has 0 aromatic rings. The Hall–Kier alpha value is 0.00870. The molecule has 0 unspecified atom stereocenters. The van der Waals surface area contributed by atoms with Crippen LogP contribution in [0.4, 0.5) is 0 Å². The average molecular weight is 276 g/mol. The molecular formula is C9H19NOSn. The average Bonchev–Trinajstić information content (AvgIpc) is 1.97. The van der Waals surface area contributed by atoms with E-state index in [4.69, 9.17) is 0 Å². The second-order valence-electron chi connectivity index (χ2n) is 3.57. The van der Waals surface area contributed by atoms with E-state index >= 15 is 0 Å². The molecule has 0 fully saturated rings. The third kappa shape index (κ3) is 6.70. The van der Waals surface area contributed by atoms with E-state index in [0.717, 1.165) is 13.0 Å². The number of carbonyl (C=O) groups excluding carboxylic acids is 1. The van der Waals surface area contributed by atoms with Crippen LogP contribution >= 0.6 is 0 Å². The Bertz CT molecular complexity index is 166. The molecule has 0 saturated heterocycles. The van der Waals surface area contributed by atoms with Gasteiger partial charge in [0.2, 0.25) is 0 Å². The van der Waals surface area contributed by atoms with Crippen molar-refractivity contribution >= 4 is 25.7 Å². The molecule has 0 atom stereocenters. The summed E-state index contributed by atoms with van der Waals surface area (Å²) in [5, 5.41) is 2.83. The molecule has 1 amide bonds. The van der Waals surface area contributed by atoms with E-state index in [1.807, 2.05) is 0 Å². The van der Waals surface area contributed by atoms with Crippen molar-refractivity contribution in [3.05, 3.63) is 12.2 Å². The van der Waals surface area contributed by atoms with Crippen LogP contribution in [0.5, 0.6) is 0 Å². The fourth-order valence-electron chi connectivity index (χ4n) is 0.863. The van der Waals surface area contributed by atoms with E-state index in [9.17, 15) is 4.79 Å². The molecule has 0 saturated carbocycles. The Labute approximate surface area is 82.2 Å². The summed E-state index contributed by atoms with van der Waals surface area (Å²) in [6, 6.07) is 0. The Morgan fingerprint density at radius 3 is 2.50 bits per heavy atom. The Morgan fingerprint density at radius 2 is 2.08 bits per heavy atom. The van der Waals surface area contributed by atoms with E-state index in [0.29, 0.717) is 5.57 Å². The first-order valence-corrected chi connectivity index (χ1v) is 13.4. The van der Waals surface area contributed by atoms with Gasteiger partial charge in [-0.1, -0.05) is 0 Å². The monoisotopic (exact) mass is 277 g/mol. The summed E-state index contributed by atoms with van der Waals surface area (Å²) in [6.07, 6.45) is 1.15. The third-order valence-electron chi connectivity index (χ3n) is 1.63. The van der Waals surface area contributed by atoms with Crippen molar-refractivity contribution in [2.24, 2.45) is 0 Å². The molecule has 2 nitrogen and oxygen atoms in total. The van der Waals surface area contributed by atoms with Gasteiger partial charge in [-0.3, -0.25) is 0 Å². The van der Waals surface area contributed by atoms with E-state index in [1.165, 1.54) is 4.44 Å². The van der Waals surface area contributed by atoms with Gasteiger partial charge in [-0.25, -0.2) is 0 Å². The Kier molecular flexibility index (Phi) is 6.52. The summed E-state index contributed by atoms with van der Waals surface area (Å²) in [5.41, 5.74) is 0.600. The van der Waals surface area contributed by atoms with Crippen LogP contribution in [0, 0.1) is 0 Å². The minimum atomic E-state index is -1.02. The summed E-state index contributed by atoms with van der Waals surface area (Å²) >= 11 is -1.02. The molecule has 1 N–H and O–H groups in total. The zero-order valence-electron chi connectivity index (χ0n) is 8.31. The van der Waals surface area contributed by atoms with Gasteiger partial charge < -0.3 is 0 Å². The summed E-state index contributed by atoms with van der Waals surface area (Å²) in [7, 11) is 0. The number of nitrogens with one attached hydrogen (secondary N) is 1. The zero-order chi connectivity index (χ0) is 9.56. The molecule has 0 rings (SSSR count). The van der Waals surface area contributed by atoms with Gasteiger partial charge in [0, 0.05) is 0 Å². The van der Waals surface area contributed by atoms with Crippen LogP contribution < -0.4 is 5.32 Å². The molecule has 3 heteroatoms. The van der Waals surface area contributed by atoms with Gasteiger partial charge in [-0.2, -0.15) is 0 Å². The maximum atomic E-state index is 11.0. The van der Waals surface area contributed by atoms with Gasteiger partial charge in [-0.05, 0) is 0 Å². The van der Waals surface area contributed by atoms with E-state index in [1.54, 1.807) is 6.92 Å². The van der Waals surface area contributed by atoms with Crippen molar-refractivity contribution < 1.29 is 4.79 Å². The number of hydrogen-bond donors (Lipinski definition) is 1. The molecule has 70 valence electrons. The summed E-state index contributed by atoms with van der Waals surface area (Å²) in [5.74, 6) is -0.00560. The van der Waals surface area contributed by atoms with Crippen LogP contribution in [0.1, 0.15) is 13.3 Å². The van der Waals surface area contributed by atoms with Crippen LogP contribution in [0.15, 0.2) is 12.2 Å². The molecule has 0 aliphatic carbocycles. The van der Waals surface area contributed by atoms with Crippen molar-refractivity contribution in [3.63, 3.8) is 0 Å². The van der Waals surface area contributed by atoms with Crippen LogP contribution in [-0.4, -0.2) is 32.2 Å². The van der Waals surface area contributed by atoms with Gasteiger partial charge >= 0.3 is 82.1 Å². The van der Waals surface area contributed by atoms with Gasteiger partial charge in [-0.15, -0.1) is 0 Å². The molecule has 12 heavy (non-hydrogen) atoms. The van der Waals surface area contributed by atoms with Gasteiger partial charge in [0.15, 0.2) is 0 Å². The molecule has 0 radical (unpaired) electrons. The second kappa shape index (κ2) is 6.52. The van der Waals surface area contributed by atoms with Crippen molar-refractivity contribution in [1.82, 2.24) is 5.32 Å². The first-order chi connectivity index (χ1) is 5.54. The van der Waals surface area contributed by atoms with Crippen LogP contribution in [0.25, 0.3) is 0 Å². The molecule has 0 heterocycles. The van der Waals surface area contributed by atoms with Gasteiger partial charge in [0.05, 0.1) is 0 Å². The Balaban J connectivity index is 3.32. The number of rotatable bonds is 5. The molecule has 0 aliphatic rings. The number of amides is 1. The second-order valence-corrected chi connectivity index (χ2v) is 13.2. The topological polar surface area (TPSA) is 29.1 Å². The Morgan fingerprint density at radius 1 is 1.50 bits per heavy atom. The minimum absolute atomic E-state index is 0.00560. The van der Waals surface area contributed by atoms with Gasteiger partial charge in [0.1, 0.15) is 0 Å². The molecule has 0 aromatic carbocycles. The first kappa shape index (κ1) is 12.0. The first-order valence-electron chi connectivity index (χ1n) is 4.47. The normalized spacial score (nSPS) is 10.0. The quantitative estimate of drug-likeness (QED) is 0.461. The van der Waals surface area contributed by atoms with Crippen molar-refractivity contribution in [3.8, 4) is 0 Å². The molecule has 0 aliphatic heterocycles. The predicted octanol–water partition coefficient (Wildman–Crippen LogP) is 1.56. The standard InChI is InChI=1S/C7H12NO.2CH3.Sn.H/c1-4-5-8-7(9)6(2)3;;;;/h1-2,4-5H2,3H3,(H,8,9);2*1H3;;. The molecule has 0 aromatic heterocycles. The van der Waals surface area contributed by atoms with E-state index < -0.39 is 19.8 Å². The molecule has 0 bridgehead atoms. The summed E-state index contributed by atoms with van der Waals surface area (Å²) < 4.78 is 1.37. The van der Waals surface area contributed by atoms with Crippen LogP contribution in [0.2, 0.25) is 14.3 Å². The van der Waals surface area contributed by atoms with Gasteiger partial charge in [0.25, 0.3) is 0 Å². The van der Waals surface area contributed by atoms with Crippen molar-refractivity contribution in [2.45, 2.75) is 27.7 Å². The summed E-state index contributed by atoms with van der Waals surface area (Å²) in [6.45, 7) is 6.12. The van der Waals surface area contributed by atoms with Crippen LogP contribution in [-0.2, 0) is 4.79 Å². The van der Waals surface area contributed by atoms with Crippen molar-refractivity contribution in [1.29, 1.82) is 0 Å². The zero-order valence-corrected chi connectivity index (χ0v) is 11.6. The third-order valence-corrected chi connectivity index (χ3v) is 6.09. The van der Waals surface area contributed by atoms with Crippen molar-refractivity contribution in [2.75, 3.05) is 6.54 Å². The van der Waals surface area contributed by atoms with E-state index in [-0.39, 0.29) is 5.91 Å². The van der Waals surface area contributed by atoms with E-state index in [2.05, 4.69) is 21.8 Å². The molecular weight excluding hydrogens is 257 g/mol. The number of carbonyl (C=O) groups is 1. The molecule has 0 spiro atoms. The maximum absolute atomic E-state index is 11.0. The van der Waals surface area contributed by atoms with Crippen LogP contribution in [0.3, 0.4) is 0 Å². The fraction of sp³-hybridized carbons (Fsp3) is 0.667. The fourth-order valence-corrected chi connectivity index (χ4v) is 3.78. The SMILES string of the molecule is C=C(C)C(=O)NCC[CH2][SnH]([CH3])[CH3].